The van der Waals surface area contributed by atoms with Crippen LogP contribution in [0.3, 0.4) is 0 Å². The number of carboxylic acids is 1. The number of benzene rings is 1. The van der Waals surface area contributed by atoms with Crippen LogP contribution < -0.4 is 11.2 Å². The van der Waals surface area contributed by atoms with Crippen molar-refractivity contribution in [3.8, 4) is 5.82 Å². The summed E-state index contributed by atoms with van der Waals surface area (Å²) in [6.07, 6.45) is 2.41. The third-order valence-corrected chi connectivity index (χ3v) is 3.72. The standard InChI is InChI=1S/C16H16N8O4/c1-2-5-11-12(19-23-24(11)14-13(17)21-28-22-14)15(25)20-18-8-9-6-3-4-7-10(9)16(26)27/h3-4,6-8H,2,5H2,1H3,(H2,17,21)(H,20,25)(H,26,27). The minimum absolute atomic E-state index is 0.0116. The SMILES string of the molecule is CCCc1c(C(=O)NN=Cc2ccccc2C(=O)O)nnn1-c1nonc1N. The summed E-state index contributed by atoms with van der Waals surface area (Å²) in [7, 11) is 0. The molecule has 12 nitrogen and oxygen atoms in total. The van der Waals surface area contributed by atoms with Crippen molar-refractivity contribution in [2.45, 2.75) is 19.8 Å². The van der Waals surface area contributed by atoms with Crippen LogP contribution >= 0.6 is 0 Å². The fourth-order valence-corrected chi connectivity index (χ4v) is 2.46. The summed E-state index contributed by atoms with van der Waals surface area (Å²) < 4.78 is 5.85. The number of aromatic nitrogens is 5. The molecule has 3 aromatic rings. The van der Waals surface area contributed by atoms with Crippen molar-refractivity contribution in [1.29, 1.82) is 0 Å². The van der Waals surface area contributed by atoms with Crippen molar-refractivity contribution in [2.24, 2.45) is 5.10 Å². The van der Waals surface area contributed by atoms with Gasteiger partial charge < -0.3 is 10.8 Å². The molecule has 1 amide bonds. The molecule has 0 fully saturated rings. The molecule has 0 aliphatic rings. The van der Waals surface area contributed by atoms with Gasteiger partial charge in [-0.3, -0.25) is 4.79 Å². The van der Waals surface area contributed by atoms with Gasteiger partial charge in [-0.15, -0.1) is 5.10 Å². The zero-order chi connectivity index (χ0) is 20.1. The van der Waals surface area contributed by atoms with Crippen LogP contribution in [0.5, 0.6) is 0 Å². The molecule has 0 bridgehead atoms. The number of hydrazone groups is 1. The minimum Gasteiger partial charge on any atom is -0.478 e. The van der Waals surface area contributed by atoms with Crippen LogP contribution in [0.4, 0.5) is 5.82 Å². The van der Waals surface area contributed by atoms with Crippen LogP contribution in [0.2, 0.25) is 0 Å². The van der Waals surface area contributed by atoms with Gasteiger partial charge in [-0.2, -0.15) is 9.78 Å². The Balaban J connectivity index is 1.83. The lowest BCUT2D eigenvalue weighted by atomic mass is 10.1. The van der Waals surface area contributed by atoms with Crippen LogP contribution in [-0.4, -0.2) is 48.5 Å². The lowest BCUT2D eigenvalue weighted by molar-refractivity contribution is 0.0696. The Morgan fingerprint density at radius 2 is 2.14 bits per heavy atom. The Morgan fingerprint density at radius 1 is 1.36 bits per heavy atom. The summed E-state index contributed by atoms with van der Waals surface area (Å²) >= 11 is 0. The highest BCUT2D eigenvalue weighted by molar-refractivity contribution is 5.99. The Bertz CT molecular complexity index is 1040. The first-order valence-corrected chi connectivity index (χ1v) is 8.21. The highest BCUT2D eigenvalue weighted by atomic mass is 16.6. The molecule has 0 saturated heterocycles. The third kappa shape index (κ3) is 3.70. The molecule has 12 heteroatoms. The third-order valence-electron chi connectivity index (χ3n) is 3.72. The number of hydrogen-bond acceptors (Lipinski definition) is 9. The molecule has 28 heavy (non-hydrogen) atoms. The van der Waals surface area contributed by atoms with E-state index in [0.29, 0.717) is 24.1 Å². The molecule has 4 N–H and O–H groups in total. The Hall–Kier alpha value is -4.09. The highest BCUT2D eigenvalue weighted by Gasteiger charge is 2.23. The van der Waals surface area contributed by atoms with E-state index in [9.17, 15) is 9.59 Å². The Morgan fingerprint density at radius 3 is 2.82 bits per heavy atom. The first-order valence-electron chi connectivity index (χ1n) is 8.21. The van der Waals surface area contributed by atoms with Gasteiger partial charge >= 0.3 is 5.97 Å². The molecular weight excluding hydrogens is 368 g/mol. The fraction of sp³-hybridized carbons (Fsp3) is 0.188. The predicted octanol–water partition coefficient (Wildman–Crippen LogP) is 0.647. The number of nitrogen functional groups attached to an aromatic ring is 1. The first kappa shape index (κ1) is 18.7. The number of aromatic carboxylic acids is 1. The second kappa shape index (κ2) is 8.07. The summed E-state index contributed by atoms with van der Waals surface area (Å²) in [5.74, 6) is -1.57. The van der Waals surface area contributed by atoms with E-state index in [0.717, 1.165) is 0 Å². The quantitative estimate of drug-likeness (QED) is 0.390. The Kier molecular flexibility index (Phi) is 5.39. The number of nitrogens with two attached hydrogens (primary N) is 1. The van der Waals surface area contributed by atoms with E-state index in [4.69, 9.17) is 10.8 Å². The molecular formula is C16H16N8O4. The minimum atomic E-state index is -1.10. The second-order valence-corrected chi connectivity index (χ2v) is 5.61. The van der Waals surface area contributed by atoms with Crippen molar-refractivity contribution in [3.63, 3.8) is 0 Å². The molecule has 1 aromatic carbocycles. The van der Waals surface area contributed by atoms with Gasteiger partial charge in [0.2, 0.25) is 11.6 Å². The maximum absolute atomic E-state index is 12.5. The molecule has 0 unspecified atom stereocenters. The normalized spacial score (nSPS) is 11.0. The average molecular weight is 384 g/mol. The molecule has 3 rings (SSSR count). The van der Waals surface area contributed by atoms with Gasteiger partial charge in [0.15, 0.2) is 5.69 Å². The van der Waals surface area contributed by atoms with Crippen LogP contribution in [0.25, 0.3) is 5.82 Å². The molecule has 144 valence electrons. The summed E-state index contributed by atoms with van der Waals surface area (Å²) in [6, 6.07) is 6.27. The lowest BCUT2D eigenvalue weighted by Gasteiger charge is -2.04. The molecule has 0 aliphatic heterocycles. The van der Waals surface area contributed by atoms with Crippen molar-refractivity contribution in [3.05, 3.63) is 46.8 Å². The number of rotatable bonds is 7. The number of nitrogens with zero attached hydrogens (tertiary/aromatic N) is 6. The topological polar surface area (TPSA) is 174 Å². The van der Waals surface area contributed by atoms with Gasteiger partial charge in [0.25, 0.3) is 5.91 Å². The van der Waals surface area contributed by atoms with Gasteiger partial charge in [-0.05, 0) is 22.8 Å². The summed E-state index contributed by atoms with van der Waals surface area (Å²) in [5, 5.41) is 27.9. The van der Waals surface area contributed by atoms with E-state index < -0.39 is 11.9 Å². The molecule has 0 aliphatic carbocycles. The van der Waals surface area contributed by atoms with Crippen molar-refractivity contribution in [2.75, 3.05) is 5.73 Å². The fourth-order valence-electron chi connectivity index (χ4n) is 2.46. The largest absolute Gasteiger partial charge is 0.478 e. The lowest BCUT2D eigenvalue weighted by Crippen LogP contribution is -2.20. The van der Waals surface area contributed by atoms with Crippen molar-refractivity contribution < 1.29 is 19.3 Å². The van der Waals surface area contributed by atoms with E-state index in [1.165, 1.54) is 17.0 Å². The summed E-state index contributed by atoms with van der Waals surface area (Å²) in [4.78, 5) is 23.7. The van der Waals surface area contributed by atoms with Crippen LogP contribution in [0.15, 0.2) is 34.0 Å². The molecule has 2 heterocycles. The molecule has 0 saturated carbocycles. The van der Waals surface area contributed by atoms with Gasteiger partial charge in [-0.25, -0.2) is 14.8 Å². The maximum Gasteiger partial charge on any atom is 0.336 e. The van der Waals surface area contributed by atoms with Crippen LogP contribution in [0, 0.1) is 0 Å². The van der Waals surface area contributed by atoms with E-state index >= 15 is 0 Å². The maximum atomic E-state index is 12.5. The van der Waals surface area contributed by atoms with Crippen molar-refractivity contribution >= 4 is 23.9 Å². The van der Waals surface area contributed by atoms with E-state index in [-0.39, 0.29) is 22.9 Å². The second-order valence-electron chi connectivity index (χ2n) is 5.61. The monoisotopic (exact) mass is 384 g/mol. The number of amides is 1. The van der Waals surface area contributed by atoms with Crippen molar-refractivity contribution in [1.82, 2.24) is 30.7 Å². The zero-order valence-corrected chi connectivity index (χ0v) is 14.7. The molecule has 2 aromatic heterocycles. The number of hydrogen-bond donors (Lipinski definition) is 3. The van der Waals surface area contributed by atoms with Gasteiger partial charge in [0, 0.05) is 5.56 Å². The van der Waals surface area contributed by atoms with Gasteiger partial charge in [0.05, 0.1) is 17.5 Å². The number of anilines is 1. The summed E-state index contributed by atoms with van der Waals surface area (Å²) in [6.45, 7) is 1.92. The molecule has 0 atom stereocenters. The number of carboxylic acid groups (broad SMARTS) is 1. The Labute approximate surface area is 158 Å². The first-order chi connectivity index (χ1) is 13.5. The van der Waals surface area contributed by atoms with E-state index in [2.05, 4.69) is 35.8 Å². The molecule has 0 radical (unpaired) electrons. The predicted molar refractivity (Wildman–Crippen MR) is 96.1 cm³/mol. The van der Waals surface area contributed by atoms with Crippen LogP contribution in [0.1, 0.15) is 45.4 Å². The van der Waals surface area contributed by atoms with Gasteiger partial charge in [-0.1, -0.05) is 36.8 Å². The zero-order valence-electron chi connectivity index (χ0n) is 14.7. The smallest absolute Gasteiger partial charge is 0.336 e. The van der Waals surface area contributed by atoms with Gasteiger partial charge in [0.1, 0.15) is 0 Å². The number of nitrogens with one attached hydrogen (secondary N) is 1. The summed E-state index contributed by atoms with van der Waals surface area (Å²) in [5.41, 5.74) is 8.90. The van der Waals surface area contributed by atoms with E-state index in [1.807, 2.05) is 6.92 Å². The number of carbonyl (C=O) groups excluding carboxylic acids is 1. The number of carbonyl (C=O) groups is 2. The highest BCUT2D eigenvalue weighted by Crippen LogP contribution is 2.17. The average Bonchev–Trinajstić information content (AvgIpc) is 3.28. The van der Waals surface area contributed by atoms with Crippen LogP contribution in [-0.2, 0) is 6.42 Å². The van der Waals surface area contributed by atoms with E-state index in [1.54, 1.807) is 18.2 Å². The molecule has 0 spiro atoms.